The molecule has 0 aliphatic heterocycles. The summed E-state index contributed by atoms with van der Waals surface area (Å²) in [5.41, 5.74) is -0.983. The minimum absolute atomic E-state index is 0.186. The second-order valence-corrected chi connectivity index (χ2v) is 3.88. The maximum Gasteiger partial charge on any atom is 0.357 e. The summed E-state index contributed by atoms with van der Waals surface area (Å²) in [7, 11) is 0. The molecule has 0 aromatic carbocycles. The van der Waals surface area contributed by atoms with Crippen LogP contribution in [0.25, 0.3) is 5.78 Å². The Morgan fingerprint density at radius 2 is 2.11 bits per heavy atom. The molecule has 0 aliphatic rings. The van der Waals surface area contributed by atoms with E-state index in [4.69, 9.17) is 0 Å². The first-order valence-electron chi connectivity index (χ1n) is 5.73. The van der Waals surface area contributed by atoms with Gasteiger partial charge in [-0.05, 0) is 6.42 Å². The largest absolute Gasteiger partial charge is 0.357 e. The van der Waals surface area contributed by atoms with Crippen LogP contribution in [-0.4, -0.2) is 24.5 Å². The lowest BCUT2D eigenvalue weighted by Gasteiger charge is -1.99. The number of aryl methyl sites for hydroxylation is 2. The standard InChI is InChI=1S/C10H13N5O3/c1-3-5-6-8(15(17)18)9(16)14-10(11-6)12-7(4-2)13-14/h3-5H2,1-2H3,(H,11,12,13). The van der Waals surface area contributed by atoms with Gasteiger partial charge in [0.05, 0.1) is 4.92 Å². The van der Waals surface area contributed by atoms with E-state index in [2.05, 4.69) is 15.1 Å². The fourth-order valence-corrected chi connectivity index (χ4v) is 1.75. The van der Waals surface area contributed by atoms with Gasteiger partial charge >= 0.3 is 11.2 Å². The van der Waals surface area contributed by atoms with Crippen LogP contribution in [0.15, 0.2) is 4.79 Å². The third-order valence-corrected chi connectivity index (χ3v) is 2.59. The molecular formula is C10H13N5O3. The summed E-state index contributed by atoms with van der Waals surface area (Å²) < 4.78 is 1.02. The molecule has 2 rings (SSSR count). The number of rotatable bonds is 4. The maximum absolute atomic E-state index is 12.0. The highest BCUT2D eigenvalue weighted by atomic mass is 16.6. The van der Waals surface area contributed by atoms with Gasteiger partial charge in [-0.3, -0.25) is 20.0 Å². The molecule has 18 heavy (non-hydrogen) atoms. The summed E-state index contributed by atoms with van der Waals surface area (Å²) in [4.78, 5) is 30.5. The second kappa shape index (κ2) is 4.55. The van der Waals surface area contributed by atoms with Gasteiger partial charge in [0.15, 0.2) is 0 Å². The lowest BCUT2D eigenvalue weighted by atomic mass is 10.2. The molecule has 8 heteroatoms. The number of hydrogen-bond acceptors (Lipinski definition) is 5. The zero-order valence-electron chi connectivity index (χ0n) is 10.1. The van der Waals surface area contributed by atoms with E-state index >= 15 is 0 Å². The Hall–Kier alpha value is -2.25. The molecule has 0 aliphatic carbocycles. The summed E-state index contributed by atoms with van der Waals surface area (Å²) >= 11 is 0. The summed E-state index contributed by atoms with van der Waals surface area (Å²) in [5, 5.41) is 13.7. The summed E-state index contributed by atoms with van der Waals surface area (Å²) in [6, 6.07) is 0. The highest BCUT2D eigenvalue weighted by Crippen LogP contribution is 2.13. The van der Waals surface area contributed by atoms with Crippen LogP contribution in [0.3, 0.4) is 0 Å². The van der Waals surface area contributed by atoms with Gasteiger partial charge < -0.3 is 0 Å². The predicted octanol–water partition coefficient (Wildman–Crippen LogP) is 0.841. The highest BCUT2D eigenvalue weighted by molar-refractivity contribution is 5.40. The zero-order chi connectivity index (χ0) is 13.3. The first-order valence-corrected chi connectivity index (χ1v) is 5.73. The number of aromatic nitrogens is 4. The third kappa shape index (κ3) is 1.85. The molecule has 2 heterocycles. The minimum Gasteiger partial charge on any atom is -0.275 e. The Morgan fingerprint density at radius 1 is 1.39 bits per heavy atom. The Labute approximate surface area is 102 Å². The van der Waals surface area contributed by atoms with E-state index in [1.54, 1.807) is 0 Å². The molecular weight excluding hydrogens is 238 g/mol. The fourth-order valence-electron chi connectivity index (χ4n) is 1.75. The van der Waals surface area contributed by atoms with E-state index in [-0.39, 0.29) is 11.5 Å². The van der Waals surface area contributed by atoms with E-state index in [1.807, 2.05) is 13.8 Å². The fraction of sp³-hybridized carbons (Fsp3) is 0.500. The van der Waals surface area contributed by atoms with Gasteiger partial charge in [-0.15, -0.1) is 0 Å². The van der Waals surface area contributed by atoms with E-state index in [0.29, 0.717) is 25.1 Å². The van der Waals surface area contributed by atoms with E-state index in [1.165, 1.54) is 0 Å². The van der Waals surface area contributed by atoms with Crippen LogP contribution in [-0.2, 0) is 12.8 Å². The molecule has 2 aromatic heterocycles. The number of nitrogens with one attached hydrogen (secondary N) is 1. The van der Waals surface area contributed by atoms with Crippen LogP contribution in [0.1, 0.15) is 31.8 Å². The van der Waals surface area contributed by atoms with Gasteiger partial charge in [-0.1, -0.05) is 20.3 Å². The third-order valence-electron chi connectivity index (χ3n) is 2.59. The van der Waals surface area contributed by atoms with Crippen LogP contribution in [0.2, 0.25) is 0 Å². The molecule has 2 aromatic rings. The van der Waals surface area contributed by atoms with Crippen molar-refractivity contribution >= 4 is 11.5 Å². The molecule has 0 fully saturated rings. The highest BCUT2D eigenvalue weighted by Gasteiger charge is 2.24. The lowest BCUT2D eigenvalue weighted by molar-refractivity contribution is -0.387. The zero-order valence-corrected chi connectivity index (χ0v) is 10.1. The molecule has 8 nitrogen and oxygen atoms in total. The molecule has 0 saturated carbocycles. The normalized spacial score (nSPS) is 11.0. The van der Waals surface area contributed by atoms with E-state index in [9.17, 15) is 14.9 Å². The molecule has 0 spiro atoms. The quantitative estimate of drug-likeness (QED) is 0.640. The molecule has 1 N–H and O–H groups in total. The van der Waals surface area contributed by atoms with Crippen molar-refractivity contribution in [3.8, 4) is 0 Å². The Morgan fingerprint density at radius 3 is 2.67 bits per heavy atom. The number of H-pyrrole nitrogens is 1. The van der Waals surface area contributed by atoms with Gasteiger partial charge in [0.1, 0.15) is 11.5 Å². The lowest BCUT2D eigenvalue weighted by Crippen LogP contribution is -2.21. The average molecular weight is 251 g/mol. The van der Waals surface area contributed by atoms with Crippen LogP contribution in [0.4, 0.5) is 5.69 Å². The van der Waals surface area contributed by atoms with Crippen molar-refractivity contribution in [3.63, 3.8) is 0 Å². The molecule has 0 bridgehead atoms. The number of nitrogens with zero attached hydrogens (tertiary/aromatic N) is 4. The van der Waals surface area contributed by atoms with Gasteiger partial charge in [-0.2, -0.15) is 9.50 Å². The minimum atomic E-state index is -0.708. The summed E-state index contributed by atoms with van der Waals surface area (Å²) in [5.74, 6) is 0.758. The topological polar surface area (TPSA) is 106 Å². The van der Waals surface area contributed by atoms with Gasteiger partial charge in [0, 0.05) is 6.42 Å². The first-order chi connectivity index (χ1) is 8.58. The van der Waals surface area contributed by atoms with Crippen LogP contribution < -0.4 is 5.56 Å². The van der Waals surface area contributed by atoms with Gasteiger partial charge in [0.25, 0.3) is 5.78 Å². The van der Waals surface area contributed by atoms with Crippen molar-refractivity contribution in [1.82, 2.24) is 19.6 Å². The van der Waals surface area contributed by atoms with Crippen LogP contribution >= 0.6 is 0 Å². The Bertz CT molecular complexity index is 657. The number of fused-ring (bicyclic) bond motifs is 1. The monoisotopic (exact) mass is 251 g/mol. The smallest absolute Gasteiger partial charge is 0.275 e. The molecule has 0 amide bonds. The number of nitro groups is 1. The molecule has 0 saturated heterocycles. The second-order valence-electron chi connectivity index (χ2n) is 3.88. The molecule has 0 atom stereocenters. The number of hydrogen-bond donors (Lipinski definition) is 1. The summed E-state index contributed by atoms with van der Waals surface area (Å²) in [6.45, 7) is 3.74. The van der Waals surface area contributed by atoms with Crippen LogP contribution in [0.5, 0.6) is 0 Å². The van der Waals surface area contributed by atoms with Crippen molar-refractivity contribution in [2.24, 2.45) is 0 Å². The number of aromatic amines is 1. The van der Waals surface area contributed by atoms with Crippen molar-refractivity contribution in [2.45, 2.75) is 33.1 Å². The van der Waals surface area contributed by atoms with Crippen molar-refractivity contribution in [3.05, 3.63) is 32.0 Å². The Kier molecular flexibility index (Phi) is 3.09. The molecule has 0 radical (unpaired) electrons. The van der Waals surface area contributed by atoms with Crippen molar-refractivity contribution in [2.75, 3.05) is 0 Å². The van der Waals surface area contributed by atoms with Gasteiger partial charge in [-0.25, -0.2) is 4.98 Å². The molecule has 0 unspecified atom stereocenters. The van der Waals surface area contributed by atoms with Gasteiger partial charge in [0.2, 0.25) is 0 Å². The maximum atomic E-state index is 12.0. The average Bonchev–Trinajstić information content (AvgIpc) is 2.72. The van der Waals surface area contributed by atoms with Crippen molar-refractivity contribution < 1.29 is 4.92 Å². The predicted molar refractivity (Wildman–Crippen MR) is 63.6 cm³/mol. The first kappa shape index (κ1) is 12.2. The van der Waals surface area contributed by atoms with E-state index in [0.717, 1.165) is 4.52 Å². The Balaban J connectivity index is 2.78. The van der Waals surface area contributed by atoms with E-state index < -0.39 is 16.2 Å². The molecule has 96 valence electrons. The SMILES string of the molecule is CCCc1nc2nc(CC)[nH]n2c(=O)c1[N+](=O)[O-]. The van der Waals surface area contributed by atoms with Crippen LogP contribution in [0, 0.1) is 10.1 Å². The van der Waals surface area contributed by atoms with Crippen molar-refractivity contribution in [1.29, 1.82) is 0 Å². The summed E-state index contributed by atoms with van der Waals surface area (Å²) in [6.07, 6.45) is 1.66.